The van der Waals surface area contributed by atoms with Gasteiger partial charge in [-0.25, -0.2) is 18.4 Å². The van der Waals surface area contributed by atoms with Gasteiger partial charge in [-0.3, -0.25) is 4.79 Å². The van der Waals surface area contributed by atoms with Crippen molar-refractivity contribution < 1.29 is 13.6 Å². The van der Waals surface area contributed by atoms with E-state index in [0.29, 0.717) is 12.4 Å². The molecule has 0 aliphatic heterocycles. The third-order valence-corrected chi connectivity index (χ3v) is 2.88. The Morgan fingerprint density at radius 3 is 2.79 bits per heavy atom. The summed E-state index contributed by atoms with van der Waals surface area (Å²) in [6.45, 7) is 3.87. The van der Waals surface area contributed by atoms with Gasteiger partial charge >= 0.3 is 0 Å². The number of rotatable bonds is 4. The van der Waals surface area contributed by atoms with Gasteiger partial charge in [-0.2, -0.15) is 5.10 Å². The van der Waals surface area contributed by atoms with Crippen LogP contribution >= 0.6 is 0 Å². The third kappa shape index (κ3) is 2.52. The number of nitrogens with zero attached hydrogens (tertiary/aromatic N) is 3. The van der Waals surface area contributed by atoms with E-state index in [-0.39, 0.29) is 12.0 Å². The molecule has 1 aromatic heterocycles. The molecule has 4 nitrogen and oxygen atoms in total. The van der Waals surface area contributed by atoms with Gasteiger partial charge in [0.05, 0.1) is 12.0 Å². The van der Waals surface area contributed by atoms with E-state index < -0.39 is 23.0 Å². The standard InChI is InChI=1S/C13H13F2N3O/c1-3-18-11(16-7-17-18)6-10(19)12-9(14)5-4-8(2)13(12)15/h4-5,7H,3,6H2,1-2H3. The topological polar surface area (TPSA) is 47.8 Å². The molecule has 0 aliphatic rings. The van der Waals surface area contributed by atoms with Crippen LogP contribution in [0.25, 0.3) is 0 Å². The van der Waals surface area contributed by atoms with E-state index in [0.717, 1.165) is 6.07 Å². The molecule has 0 aliphatic carbocycles. The molecule has 0 radical (unpaired) electrons. The summed E-state index contributed by atoms with van der Waals surface area (Å²) in [6, 6.07) is 2.40. The highest BCUT2D eigenvalue weighted by Crippen LogP contribution is 2.18. The van der Waals surface area contributed by atoms with Crippen LogP contribution in [-0.4, -0.2) is 20.5 Å². The van der Waals surface area contributed by atoms with Gasteiger partial charge in [-0.15, -0.1) is 0 Å². The molecule has 0 spiro atoms. The normalized spacial score (nSPS) is 10.7. The van der Waals surface area contributed by atoms with Crippen LogP contribution in [0.2, 0.25) is 0 Å². The molecule has 0 fully saturated rings. The largest absolute Gasteiger partial charge is 0.293 e. The first-order chi connectivity index (χ1) is 9.04. The van der Waals surface area contributed by atoms with Crippen LogP contribution in [0, 0.1) is 18.6 Å². The number of aromatic nitrogens is 3. The molecule has 0 atom stereocenters. The van der Waals surface area contributed by atoms with Crippen LogP contribution < -0.4 is 0 Å². The van der Waals surface area contributed by atoms with Gasteiger partial charge in [-0.05, 0) is 25.5 Å². The van der Waals surface area contributed by atoms with Crippen molar-refractivity contribution in [1.82, 2.24) is 14.8 Å². The summed E-state index contributed by atoms with van der Waals surface area (Å²) in [7, 11) is 0. The summed E-state index contributed by atoms with van der Waals surface area (Å²) in [6.07, 6.45) is 1.14. The number of ketones is 1. The van der Waals surface area contributed by atoms with Gasteiger partial charge in [0, 0.05) is 6.54 Å². The van der Waals surface area contributed by atoms with Crippen LogP contribution in [-0.2, 0) is 13.0 Å². The van der Waals surface area contributed by atoms with Gasteiger partial charge < -0.3 is 0 Å². The minimum atomic E-state index is -0.851. The second-order valence-electron chi connectivity index (χ2n) is 4.15. The van der Waals surface area contributed by atoms with Crippen molar-refractivity contribution in [2.45, 2.75) is 26.8 Å². The fourth-order valence-corrected chi connectivity index (χ4v) is 1.83. The number of hydrogen-bond acceptors (Lipinski definition) is 3. The fourth-order valence-electron chi connectivity index (χ4n) is 1.83. The smallest absolute Gasteiger partial charge is 0.176 e. The molecule has 6 heteroatoms. The molecule has 2 rings (SSSR count). The summed E-state index contributed by atoms with van der Waals surface area (Å²) in [5, 5.41) is 3.91. The van der Waals surface area contributed by atoms with Gasteiger partial charge in [0.25, 0.3) is 0 Å². The number of hydrogen-bond donors (Lipinski definition) is 0. The maximum atomic E-state index is 13.8. The number of carbonyl (C=O) groups is 1. The van der Waals surface area contributed by atoms with Crippen molar-refractivity contribution >= 4 is 5.78 Å². The Morgan fingerprint density at radius 2 is 2.11 bits per heavy atom. The second-order valence-corrected chi connectivity index (χ2v) is 4.15. The fraction of sp³-hybridized carbons (Fsp3) is 0.308. The summed E-state index contributed by atoms with van der Waals surface area (Å²) in [5.41, 5.74) is -0.271. The molecule has 2 aromatic rings. The van der Waals surface area contributed by atoms with Crippen LogP contribution in [0.4, 0.5) is 8.78 Å². The van der Waals surface area contributed by atoms with E-state index >= 15 is 0 Å². The van der Waals surface area contributed by atoms with E-state index in [1.165, 1.54) is 24.0 Å². The predicted octanol–water partition coefficient (Wildman–Crippen LogP) is 2.31. The highest BCUT2D eigenvalue weighted by Gasteiger charge is 2.20. The molecule has 1 aromatic carbocycles. The summed E-state index contributed by atoms with van der Waals surface area (Å²) >= 11 is 0. The van der Waals surface area contributed by atoms with E-state index in [1.807, 2.05) is 6.92 Å². The SMILES string of the molecule is CCn1ncnc1CC(=O)c1c(F)ccc(C)c1F. The van der Waals surface area contributed by atoms with E-state index in [9.17, 15) is 13.6 Å². The molecule has 100 valence electrons. The zero-order valence-corrected chi connectivity index (χ0v) is 10.7. The predicted molar refractivity (Wildman–Crippen MR) is 64.8 cm³/mol. The summed E-state index contributed by atoms with van der Waals surface area (Å²) in [5.74, 6) is -1.91. The van der Waals surface area contributed by atoms with E-state index in [1.54, 1.807) is 0 Å². The Morgan fingerprint density at radius 1 is 1.37 bits per heavy atom. The number of Topliss-reactive ketones (excluding diaryl/α,β-unsaturated/α-hetero) is 1. The molecule has 0 bridgehead atoms. The molecule has 0 saturated carbocycles. The van der Waals surface area contributed by atoms with Crippen molar-refractivity contribution in [2.75, 3.05) is 0 Å². The van der Waals surface area contributed by atoms with Crippen LogP contribution in [0.3, 0.4) is 0 Å². The Hall–Kier alpha value is -2.11. The maximum Gasteiger partial charge on any atom is 0.176 e. The molecule has 0 N–H and O–H groups in total. The Balaban J connectivity index is 2.33. The Bertz CT molecular complexity index is 622. The maximum absolute atomic E-state index is 13.8. The van der Waals surface area contributed by atoms with E-state index in [2.05, 4.69) is 10.1 Å². The van der Waals surface area contributed by atoms with Gasteiger partial charge in [0.1, 0.15) is 23.8 Å². The number of halogens is 2. The minimum Gasteiger partial charge on any atom is -0.293 e. The highest BCUT2D eigenvalue weighted by molar-refractivity contribution is 5.97. The zero-order valence-electron chi connectivity index (χ0n) is 10.7. The summed E-state index contributed by atoms with van der Waals surface area (Å²) in [4.78, 5) is 15.9. The monoisotopic (exact) mass is 265 g/mol. The molecule has 1 heterocycles. The van der Waals surface area contributed by atoms with Crippen LogP contribution in [0.5, 0.6) is 0 Å². The first-order valence-corrected chi connectivity index (χ1v) is 5.89. The minimum absolute atomic E-state index is 0.175. The number of benzene rings is 1. The third-order valence-electron chi connectivity index (χ3n) is 2.88. The van der Waals surface area contributed by atoms with Crippen LogP contribution in [0.1, 0.15) is 28.7 Å². The lowest BCUT2D eigenvalue weighted by Gasteiger charge is -2.06. The molecule has 0 amide bonds. The molecule has 0 saturated heterocycles. The van der Waals surface area contributed by atoms with Crippen molar-refractivity contribution in [3.05, 3.63) is 47.0 Å². The molecular formula is C13H13F2N3O. The average molecular weight is 265 g/mol. The lowest BCUT2D eigenvalue weighted by molar-refractivity contribution is 0.0981. The van der Waals surface area contributed by atoms with Gasteiger partial charge in [0.15, 0.2) is 5.78 Å². The zero-order chi connectivity index (χ0) is 14.0. The lowest BCUT2D eigenvalue weighted by atomic mass is 10.0. The Kier molecular flexibility index (Phi) is 3.69. The van der Waals surface area contributed by atoms with Crippen molar-refractivity contribution in [1.29, 1.82) is 0 Å². The molecule has 19 heavy (non-hydrogen) atoms. The van der Waals surface area contributed by atoms with Gasteiger partial charge in [-0.1, -0.05) is 6.07 Å². The van der Waals surface area contributed by atoms with Crippen molar-refractivity contribution in [3.63, 3.8) is 0 Å². The average Bonchev–Trinajstić information content (AvgIpc) is 2.81. The van der Waals surface area contributed by atoms with E-state index in [4.69, 9.17) is 0 Å². The van der Waals surface area contributed by atoms with Crippen molar-refractivity contribution in [3.8, 4) is 0 Å². The first-order valence-electron chi connectivity index (χ1n) is 5.89. The summed E-state index contributed by atoms with van der Waals surface area (Å²) < 4.78 is 28.9. The highest BCUT2D eigenvalue weighted by atomic mass is 19.1. The van der Waals surface area contributed by atoms with Crippen LogP contribution in [0.15, 0.2) is 18.5 Å². The first kappa shape index (κ1) is 13.3. The quantitative estimate of drug-likeness (QED) is 0.797. The Labute approximate surface area is 109 Å². The van der Waals surface area contributed by atoms with Gasteiger partial charge in [0.2, 0.25) is 0 Å². The van der Waals surface area contributed by atoms with Crippen molar-refractivity contribution in [2.24, 2.45) is 0 Å². The number of carbonyl (C=O) groups excluding carboxylic acids is 1. The lowest BCUT2D eigenvalue weighted by Crippen LogP contribution is -2.14. The molecular weight excluding hydrogens is 252 g/mol. The second kappa shape index (κ2) is 5.26. The number of aryl methyl sites for hydroxylation is 2. The molecule has 0 unspecified atom stereocenters.